The highest BCUT2D eigenvalue weighted by atomic mass is 32.2. The number of allylic oxidation sites excluding steroid dienone is 2. The van der Waals surface area contributed by atoms with Crippen LogP contribution in [0.5, 0.6) is 0 Å². The Kier molecular flexibility index (Phi) is 9.41. The third-order valence-corrected chi connectivity index (χ3v) is 10.5. The van der Waals surface area contributed by atoms with E-state index in [1.54, 1.807) is 36.6 Å². The van der Waals surface area contributed by atoms with Crippen LogP contribution in [0.1, 0.15) is 52.3 Å². The molecule has 4 aromatic rings. The summed E-state index contributed by atoms with van der Waals surface area (Å²) in [5.74, 6) is -0.628. The van der Waals surface area contributed by atoms with E-state index >= 15 is 4.39 Å². The molecular formula is C38H37F3N2O2S. The van der Waals surface area contributed by atoms with Crippen LogP contribution in [0.2, 0.25) is 0 Å². The molecule has 0 amide bonds. The molecule has 1 aliphatic carbocycles. The molecule has 2 heterocycles. The van der Waals surface area contributed by atoms with Gasteiger partial charge in [-0.2, -0.15) is 0 Å². The van der Waals surface area contributed by atoms with Crippen molar-refractivity contribution in [2.75, 3.05) is 26.0 Å². The van der Waals surface area contributed by atoms with Gasteiger partial charge in [-0.05, 0) is 54.3 Å². The predicted octanol–water partition coefficient (Wildman–Crippen LogP) is 7.79. The number of hydrogen-bond acceptors (Lipinski definition) is 4. The Bertz CT molecular complexity index is 1780. The normalized spacial score (nSPS) is 20.6. The quantitative estimate of drug-likeness (QED) is 0.192. The predicted molar refractivity (Wildman–Crippen MR) is 179 cm³/mol. The summed E-state index contributed by atoms with van der Waals surface area (Å²) in [6.45, 7) is 4.51. The first kappa shape index (κ1) is 32.1. The highest BCUT2D eigenvalue weighted by Gasteiger charge is 2.40. The SMILES string of the molecule is COC1(C)C=CC=C(c2c(C)c(Cc3c(F)cccc3F)c3n(c2=O)C(CNCC(c2ccccc2)c2ccccc2)CS3)C1F. The number of nitrogens with one attached hydrogen (secondary N) is 1. The van der Waals surface area contributed by atoms with Crippen molar-refractivity contribution in [3.05, 3.63) is 152 Å². The lowest BCUT2D eigenvalue weighted by molar-refractivity contribution is 0.00220. The molecule has 3 unspecified atom stereocenters. The van der Waals surface area contributed by atoms with Crippen LogP contribution in [0.4, 0.5) is 13.2 Å². The Morgan fingerprint density at radius 2 is 1.61 bits per heavy atom. The van der Waals surface area contributed by atoms with E-state index in [0.29, 0.717) is 35.0 Å². The lowest BCUT2D eigenvalue weighted by atomic mass is 9.83. The van der Waals surface area contributed by atoms with Crippen molar-refractivity contribution >= 4 is 17.3 Å². The summed E-state index contributed by atoms with van der Waals surface area (Å²) < 4.78 is 53.3. The van der Waals surface area contributed by atoms with Gasteiger partial charge in [-0.25, -0.2) is 13.2 Å². The van der Waals surface area contributed by atoms with E-state index in [1.807, 2.05) is 36.4 Å². The highest BCUT2D eigenvalue weighted by Crippen LogP contribution is 2.41. The molecule has 6 rings (SSSR count). The molecule has 3 aromatic carbocycles. The topological polar surface area (TPSA) is 43.3 Å². The summed E-state index contributed by atoms with van der Waals surface area (Å²) >= 11 is 1.50. The molecule has 1 aliphatic heterocycles. The number of ether oxygens (including phenoxy) is 1. The molecule has 0 spiro atoms. The van der Waals surface area contributed by atoms with Gasteiger partial charge in [0.2, 0.25) is 0 Å². The van der Waals surface area contributed by atoms with Gasteiger partial charge in [-0.3, -0.25) is 9.36 Å². The van der Waals surface area contributed by atoms with Gasteiger partial charge in [-0.1, -0.05) is 78.9 Å². The first-order valence-corrected chi connectivity index (χ1v) is 16.4. The molecule has 46 heavy (non-hydrogen) atoms. The van der Waals surface area contributed by atoms with E-state index < -0.39 is 23.4 Å². The maximum Gasteiger partial charge on any atom is 0.259 e. The van der Waals surface area contributed by atoms with Crippen molar-refractivity contribution in [1.82, 2.24) is 9.88 Å². The number of nitrogens with zero attached hydrogens (tertiary/aromatic N) is 1. The second-order valence-electron chi connectivity index (χ2n) is 12.1. The van der Waals surface area contributed by atoms with Gasteiger partial charge in [0.1, 0.15) is 17.2 Å². The summed E-state index contributed by atoms with van der Waals surface area (Å²) in [6, 6.07) is 24.1. The van der Waals surface area contributed by atoms with E-state index in [4.69, 9.17) is 4.74 Å². The minimum Gasteiger partial charge on any atom is -0.371 e. The van der Waals surface area contributed by atoms with Crippen molar-refractivity contribution in [1.29, 1.82) is 0 Å². The summed E-state index contributed by atoms with van der Waals surface area (Å²) in [6.07, 6.45) is 3.26. The fourth-order valence-corrected chi connectivity index (χ4v) is 7.93. The average Bonchev–Trinajstić information content (AvgIpc) is 3.49. The molecule has 2 aliphatic rings. The monoisotopic (exact) mass is 642 g/mol. The minimum absolute atomic E-state index is 0.0637. The van der Waals surface area contributed by atoms with Crippen LogP contribution in [0, 0.1) is 18.6 Å². The number of methoxy groups -OCH3 is 1. The molecule has 1 N–H and O–H groups in total. The zero-order chi connectivity index (χ0) is 32.4. The Balaban J connectivity index is 1.39. The molecule has 3 atom stereocenters. The fraction of sp³-hybridized carbons (Fsp3) is 0.289. The van der Waals surface area contributed by atoms with Crippen molar-refractivity contribution in [3.63, 3.8) is 0 Å². The maximum absolute atomic E-state index is 16.2. The molecule has 1 aromatic heterocycles. The lowest BCUT2D eigenvalue weighted by Crippen LogP contribution is -2.41. The molecule has 0 saturated carbocycles. The summed E-state index contributed by atoms with van der Waals surface area (Å²) in [7, 11) is 1.44. The number of halogens is 3. The first-order chi connectivity index (χ1) is 22.2. The molecule has 8 heteroatoms. The zero-order valence-corrected chi connectivity index (χ0v) is 26.9. The van der Waals surface area contributed by atoms with Crippen LogP contribution in [0.3, 0.4) is 0 Å². The zero-order valence-electron chi connectivity index (χ0n) is 26.1. The Morgan fingerprint density at radius 1 is 0.978 bits per heavy atom. The molecule has 0 fully saturated rings. The third-order valence-electron chi connectivity index (χ3n) is 9.27. The second-order valence-corrected chi connectivity index (χ2v) is 13.1. The minimum atomic E-state index is -1.62. The lowest BCUT2D eigenvalue weighted by Gasteiger charge is -2.33. The molecule has 0 bridgehead atoms. The number of thioether (sulfide) groups is 1. The van der Waals surface area contributed by atoms with Gasteiger partial charge in [-0.15, -0.1) is 11.8 Å². The van der Waals surface area contributed by atoms with E-state index in [-0.39, 0.29) is 40.6 Å². The molecule has 0 radical (unpaired) electrons. The first-order valence-electron chi connectivity index (χ1n) is 15.5. The number of hydrogen-bond donors (Lipinski definition) is 1. The largest absolute Gasteiger partial charge is 0.371 e. The number of benzene rings is 3. The number of pyridine rings is 1. The smallest absolute Gasteiger partial charge is 0.259 e. The van der Waals surface area contributed by atoms with Gasteiger partial charge >= 0.3 is 0 Å². The van der Waals surface area contributed by atoms with Crippen LogP contribution in [0.15, 0.2) is 107 Å². The maximum atomic E-state index is 16.2. The Hall–Kier alpha value is -3.85. The molecule has 0 saturated heterocycles. The van der Waals surface area contributed by atoms with Crippen molar-refractivity contribution < 1.29 is 17.9 Å². The average molecular weight is 643 g/mol. The van der Waals surface area contributed by atoms with Gasteiger partial charge in [0, 0.05) is 55.0 Å². The van der Waals surface area contributed by atoms with Crippen molar-refractivity contribution in [2.45, 2.75) is 49.0 Å². The van der Waals surface area contributed by atoms with Crippen LogP contribution in [0.25, 0.3) is 5.57 Å². The molecule has 4 nitrogen and oxygen atoms in total. The van der Waals surface area contributed by atoms with Gasteiger partial charge in [0.25, 0.3) is 5.56 Å². The number of aromatic nitrogens is 1. The summed E-state index contributed by atoms with van der Waals surface area (Å²) in [4.78, 5) is 14.4. The van der Waals surface area contributed by atoms with E-state index in [2.05, 4.69) is 29.6 Å². The van der Waals surface area contributed by atoms with E-state index in [0.717, 1.165) is 0 Å². The number of fused-ring (bicyclic) bond motifs is 1. The molecule has 238 valence electrons. The summed E-state index contributed by atoms with van der Waals surface area (Å²) in [5, 5.41) is 4.28. The van der Waals surface area contributed by atoms with Crippen LogP contribution in [-0.4, -0.2) is 42.3 Å². The summed E-state index contributed by atoms with van der Waals surface area (Å²) in [5.41, 5.74) is 2.28. The standard InChI is InChI=1S/C38H37F3N2O2S/c1-24-29(20-30-32(39)17-10-18-33(30)40)37-43(36(44)34(24)28-16-11-19-38(2,45-3)35(28)41)27(23-46-37)21-42-22-31(25-12-6-4-7-13-25)26-14-8-5-9-15-26/h4-19,27,31,35,42H,20-23H2,1-3H3. The Morgan fingerprint density at radius 3 is 2.22 bits per heavy atom. The van der Waals surface area contributed by atoms with Crippen LogP contribution >= 0.6 is 11.8 Å². The van der Waals surface area contributed by atoms with Gasteiger partial charge in [0.05, 0.1) is 11.1 Å². The second kappa shape index (κ2) is 13.5. The van der Waals surface area contributed by atoms with E-state index in [9.17, 15) is 13.6 Å². The number of rotatable bonds is 10. The highest BCUT2D eigenvalue weighted by molar-refractivity contribution is 7.99. The van der Waals surface area contributed by atoms with Crippen molar-refractivity contribution in [3.8, 4) is 0 Å². The van der Waals surface area contributed by atoms with Gasteiger partial charge in [0.15, 0.2) is 6.17 Å². The van der Waals surface area contributed by atoms with Crippen molar-refractivity contribution in [2.24, 2.45) is 0 Å². The van der Waals surface area contributed by atoms with Crippen LogP contribution < -0.4 is 10.9 Å². The number of alkyl halides is 1. The fourth-order valence-electron chi connectivity index (χ4n) is 6.54. The Labute approximate surface area is 272 Å². The van der Waals surface area contributed by atoms with Crippen LogP contribution in [-0.2, 0) is 11.2 Å². The van der Waals surface area contributed by atoms with Gasteiger partial charge < -0.3 is 10.1 Å². The third kappa shape index (κ3) is 6.01. The van der Waals surface area contributed by atoms with E-state index in [1.165, 1.54) is 48.2 Å². The molecular weight excluding hydrogens is 605 g/mol.